The first kappa shape index (κ1) is 29.9. The van der Waals surface area contributed by atoms with E-state index >= 15 is 0 Å². The van der Waals surface area contributed by atoms with Crippen LogP contribution < -0.4 is 25.0 Å². The Morgan fingerprint density at radius 1 is 0.905 bits per heavy atom. The van der Waals surface area contributed by atoms with Gasteiger partial charge in [-0.25, -0.2) is 0 Å². The second kappa shape index (κ2) is 14.0. The highest BCUT2D eigenvalue weighted by molar-refractivity contribution is 6.52. The normalized spacial score (nSPS) is 13.3. The number of Topliss-reactive ketones (excluding diaryl/α,β-unsaturated/α-hetero) is 1. The van der Waals surface area contributed by atoms with Crippen LogP contribution >= 0.6 is 0 Å². The van der Waals surface area contributed by atoms with E-state index in [0.29, 0.717) is 51.1 Å². The van der Waals surface area contributed by atoms with Crippen molar-refractivity contribution in [3.63, 3.8) is 0 Å². The number of ketones is 1. The Balaban J connectivity index is 1.57. The highest BCUT2D eigenvalue weighted by atomic mass is 16.5. The predicted molar refractivity (Wildman–Crippen MR) is 159 cm³/mol. The van der Waals surface area contributed by atoms with Crippen molar-refractivity contribution < 1.29 is 34.0 Å². The number of aliphatic hydroxyl groups excluding tert-OH is 2. The second-order valence-electron chi connectivity index (χ2n) is 9.07. The van der Waals surface area contributed by atoms with Gasteiger partial charge in [-0.2, -0.15) is 10.2 Å². The van der Waals surface area contributed by atoms with Crippen LogP contribution in [0.4, 0.5) is 22.7 Å². The number of anilines is 2. The third-order valence-corrected chi connectivity index (χ3v) is 5.99. The molecule has 4 rings (SSSR count). The van der Waals surface area contributed by atoms with E-state index in [1.165, 1.54) is 14.0 Å². The van der Waals surface area contributed by atoms with E-state index in [-0.39, 0.29) is 43.8 Å². The molecule has 12 heteroatoms. The van der Waals surface area contributed by atoms with Crippen LogP contribution in [-0.4, -0.2) is 61.2 Å². The van der Waals surface area contributed by atoms with E-state index in [0.717, 1.165) is 5.56 Å². The zero-order chi connectivity index (χ0) is 30.1. The number of hydrogen-bond donors (Lipinski definition) is 4. The van der Waals surface area contributed by atoms with E-state index in [2.05, 4.69) is 26.1 Å². The van der Waals surface area contributed by atoms with Gasteiger partial charge in [0.1, 0.15) is 41.9 Å². The Hall–Kier alpha value is -5.07. The summed E-state index contributed by atoms with van der Waals surface area (Å²) < 4.78 is 16.5. The lowest BCUT2D eigenvalue weighted by Crippen LogP contribution is -2.18. The van der Waals surface area contributed by atoms with Crippen LogP contribution in [-0.2, 0) is 4.79 Å². The van der Waals surface area contributed by atoms with E-state index in [4.69, 9.17) is 19.3 Å². The first-order valence-corrected chi connectivity index (χ1v) is 13.0. The Kier molecular flexibility index (Phi) is 9.98. The Morgan fingerprint density at radius 3 is 2.40 bits per heavy atom. The first-order chi connectivity index (χ1) is 20.3. The van der Waals surface area contributed by atoms with Gasteiger partial charge in [0.15, 0.2) is 0 Å². The van der Waals surface area contributed by atoms with Crippen molar-refractivity contribution in [1.29, 1.82) is 0 Å². The van der Waals surface area contributed by atoms with E-state index < -0.39 is 0 Å². The average Bonchev–Trinajstić information content (AvgIpc) is 2.98. The molecule has 0 radical (unpaired) electrons. The summed E-state index contributed by atoms with van der Waals surface area (Å²) >= 11 is 0. The molecule has 0 bridgehead atoms. The van der Waals surface area contributed by atoms with Gasteiger partial charge in [0.05, 0.1) is 31.7 Å². The minimum Gasteiger partial charge on any atom is -0.494 e. The van der Waals surface area contributed by atoms with E-state index in [9.17, 15) is 14.7 Å². The maximum Gasteiger partial charge on any atom is 0.221 e. The molecule has 0 spiro atoms. The molecule has 0 aliphatic heterocycles. The van der Waals surface area contributed by atoms with Crippen molar-refractivity contribution in [2.75, 3.05) is 44.3 Å². The number of nitrogens with zero attached hydrogens (tertiary/aromatic N) is 3. The van der Waals surface area contributed by atoms with Crippen molar-refractivity contribution in [1.82, 2.24) is 0 Å². The Labute approximate surface area is 242 Å². The molecule has 3 aromatic rings. The number of carbonyl (C=O) groups excluding carboxylic acids is 2. The number of fused-ring (bicyclic) bond motifs is 1. The smallest absolute Gasteiger partial charge is 0.221 e. The lowest BCUT2D eigenvalue weighted by molar-refractivity contribution is -0.114. The summed E-state index contributed by atoms with van der Waals surface area (Å²) in [6.45, 7) is 3.12. The summed E-state index contributed by atoms with van der Waals surface area (Å²) in [6, 6.07) is 13.5. The molecular formula is C30H31N5O7. The molecule has 1 aliphatic rings. The summed E-state index contributed by atoms with van der Waals surface area (Å²) in [5.74, 6) is 0.831. The van der Waals surface area contributed by atoms with Crippen LogP contribution in [0.1, 0.15) is 28.4 Å². The van der Waals surface area contributed by atoms with Gasteiger partial charge in [-0.05, 0) is 60.5 Å². The molecule has 218 valence electrons. The van der Waals surface area contributed by atoms with Crippen molar-refractivity contribution >= 4 is 46.2 Å². The highest BCUT2D eigenvalue weighted by Crippen LogP contribution is 2.37. The van der Waals surface area contributed by atoms with Crippen LogP contribution in [0.15, 0.2) is 69.9 Å². The number of ether oxygens (including phenoxy) is 3. The summed E-state index contributed by atoms with van der Waals surface area (Å²) in [4.78, 5) is 24.4. The van der Waals surface area contributed by atoms with Gasteiger partial charge in [-0.3, -0.25) is 15.0 Å². The zero-order valence-corrected chi connectivity index (χ0v) is 23.4. The monoisotopic (exact) mass is 573 g/mol. The van der Waals surface area contributed by atoms with Crippen LogP contribution in [0.2, 0.25) is 0 Å². The van der Waals surface area contributed by atoms with Crippen molar-refractivity contribution in [3.05, 3.63) is 71.3 Å². The highest BCUT2D eigenvalue weighted by Gasteiger charge is 2.20. The number of azo groups is 1. The number of nitrogens with one attached hydrogen (secondary N) is 2. The first-order valence-electron chi connectivity index (χ1n) is 13.0. The Morgan fingerprint density at radius 2 is 1.67 bits per heavy atom. The number of allylic oxidation sites excluding steroid dienone is 1. The molecule has 1 amide bonds. The van der Waals surface area contributed by atoms with Gasteiger partial charge >= 0.3 is 0 Å². The second-order valence-corrected chi connectivity index (χ2v) is 9.07. The molecule has 0 heterocycles. The van der Waals surface area contributed by atoms with Crippen LogP contribution in [0, 0.1) is 6.92 Å². The van der Waals surface area contributed by atoms with Crippen LogP contribution in [0.25, 0.3) is 6.08 Å². The summed E-state index contributed by atoms with van der Waals surface area (Å²) in [5, 5.41) is 34.0. The maximum atomic E-state index is 13.1. The van der Waals surface area contributed by atoms with E-state index in [1.54, 1.807) is 60.7 Å². The largest absolute Gasteiger partial charge is 0.494 e. The fourth-order valence-electron chi connectivity index (χ4n) is 4.03. The number of hydrazone groups is 1. The molecule has 3 aromatic carbocycles. The summed E-state index contributed by atoms with van der Waals surface area (Å²) in [5.41, 5.74) is 6.98. The number of rotatable bonds is 12. The van der Waals surface area contributed by atoms with Crippen molar-refractivity contribution in [2.24, 2.45) is 15.3 Å². The van der Waals surface area contributed by atoms with Crippen molar-refractivity contribution in [3.8, 4) is 17.2 Å². The molecule has 42 heavy (non-hydrogen) atoms. The molecule has 0 aromatic heterocycles. The van der Waals surface area contributed by atoms with Crippen LogP contribution in [0.3, 0.4) is 0 Å². The summed E-state index contributed by atoms with van der Waals surface area (Å²) in [6.07, 6.45) is 3.34. The molecule has 0 saturated carbocycles. The molecule has 4 N–H and O–H groups in total. The number of benzene rings is 3. The van der Waals surface area contributed by atoms with Gasteiger partial charge in [-0.15, -0.1) is 5.11 Å². The third-order valence-electron chi connectivity index (χ3n) is 5.99. The van der Waals surface area contributed by atoms with Gasteiger partial charge in [0.2, 0.25) is 11.7 Å². The number of aliphatic hydroxyl groups is 2. The van der Waals surface area contributed by atoms with Gasteiger partial charge in [-0.1, -0.05) is 6.08 Å². The lowest BCUT2D eigenvalue weighted by atomic mass is 9.94. The van der Waals surface area contributed by atoms with Crippen LogP contribution in [0.5, 0.6) is 17.2 Å². The third kappa shape index (κ3) is 7.36. The molecule has 0 saturated heterocycles. The minimum absolute atomic E-state index is 0.0247. The van der Waals surface area contributed by atoms with Gasteiger partial charge < -0.3 is 29.7 Å². The van der Waals surface area contributed by atoms with Gasteiger partial charge in [0, 0.05) is 30.3 Å². The Bertz CT molecular complexity index is 1570. The topological polar surface area (TPSA) is 163 Å². The molecule has 0 fully saturated rings. The molecular weight excluding hydrogens is 542 g/mol. The number of methoxy groups -OCH3 is 1. The molecule has 0 unspecified atom stereocenters. The zero-order valence-electron chi connectivity index (χ0n) is 23.4. The number of hydrogen-bond acceptors (Lipinski definition) is 11. The average molecular weight is 574 g/mol. The SMILES string of the molecule is COc1cc(OCCO)ccc1/N=N/c1cc(OCCO)c(N/N=C2/C=Cc3cc(NC(C)=O)ccc3C2=O)cc1C. The van der Waals surface area contributed by atoms with Gasteiger partial charge in [0.25, 0.3) is 0 Å². The molecule has 1 aliphatic carbocycles. The number of amides is 1. The predicted octanol–water partition coefficient (Wildman–Crippen LogP) is 4.80. The molecule has 0 atom stereocenters. The van der Waals surface area contributed by atoms with E-state index in [1.807, 2.05) is 6.92 Å². The number of carbonyl (C=O) groups is 2. The fourth-order valence-corrected chi connectivity index (χ4v) is 4.03. The quantitative estimate of drug-likeness (QED) is 0.177. The molecule has 12 nitrogen and oxygen atoms in total. The lowest BCUT2D eigenvalue weighted by Gasteiger charge is -2.15. The fraction of sp³-hybridized carbons (Fsp3) is 0.233. The summed E-state index contributed by atoms with van der Waals surface area (Å²) in [7, 11) is 1.51. The maximum absolute atomic E-state index is 13.1. The minimum atomic E-state index is -0.281. The van der Waals surface area contributed by atoms with Crippen molar-refractivity contribution in [2.45, 2.75) is 13.8 Å². The number of aryl methyl sites for hydroxylation is 1. The standard InChI is InChI=1S/C30H31N5O7/c1-18-14-27(35-33-25-8-4-20-15-21(31-19(2)38)5-7-23(20)30(25)39)29(42-13-11-37)17-26(18)34-32-24-9-6-22(41-12-10-36)16-28(24)40-3/h4-9,14-17,35-37H,10-13H2,1-3H3,(H,31,38)/b33-25-,34-32+.